The van der Waals surface area contributed by atoms with E-state index in [2.05, 4.69) is 4.98 Å². The standard InChI is InChI=1S/C15H11NO3S/c1-9-13(6-7-19-9)20-14-11-5-3-2-4-10(11)12(8-16-14)15(17)18/h2-8H,1H3,(H,17,18). The molecular weight excluding hydrogens is 274 g/mol. The molecule has 0 saturated carbocycles. The molecule has 0 spiro atoms. The van der Waals surface area contributed by atoms with E-state index in [1.165, 1.54) is 18.0 Å². The van der Waals surface area contributed by atoms with Gasteiger partial charge in [-0.15, -0.1) is 0 Å². The molecule has 4 nitrogen and oxygen atoms in total. The second kappa shape index (κ2) is 5.02. The van der Waals surface area contributed by atoms with Gasteiger partial charge in [0.05, 0.1) is 16.7 Å². The van der Waals surface area contributed by atoms with Gasteiger partial charge in [0.15, 0.2) is 0 Å². The number of hydrogen-bond acceptors (Lipinski definition) is 4. The molecule has 0 atom stereocenters. The van der Waals surface area contributed by atoms with E-state index in [4.69, 9.17) is 4.42 Å². The highest BCUT2D eigenvalue weighted by molar-refractivity contribution is 7.99. The molecule has 2 heterocycles. The van der Waals surface area contributed by atoms with Crippen LogP contribution in [0.1, 0.15) is 16.1 Å². The topological polar surface area (TPSA) is 63.3 Å². The average Bonchev–Trinajstić information content (AvgIpc) is 2.84. The first-order valence-electron chi connectivity index (χ1n) is 6.00. The van der Waals surface area contributed by atoms with Crippen molar-refractivity contribution in [3.05, 3.63) is 54.1 Å². The third-order valence-electron chi connectivity index (χ3n) is 3.01. The lowest BCUT2D eigenvalue weighted by molar-refractivity contribution is 0.0698. The number of aryl methyl sites for hydroxylation is 1. The van der Waals surface area contributed by atoms with E-state index >= 15 is 0 Å². The fourth-order valence-corrected chi connectivity index (χ4v) is 2.92. The first-order chi connectivity index (χ1) is 9.66. The lowest BCUT2D eigenvalue weighted by Gasteiger charge is -2.07. The van der Waals surface area contributed by atoms with Crippen molar-refractivity contribution in [2.24, 2.45) is 0 Å². The number of aromatic carboxylic acids is 1. The van der Waals surface area contributed by atoms with Crippen LogP contribution in [0.25, 0.3) is 10.8 Å². The molecule has 3 rings (SSSR count). The van der Waals surface area contributed by atoms with Crippen molar-refractivity contribution in [3.63, 3.8) is 0 Å². The highest BCUT2D eigenvalue weighted by Gasteiger charge is 2.14. The Labute approximate surface area is 119 Å². The van der Waals surface area contributed by atoms with Crippen molar-refractivity contribution in [1.82, 2.24) is 4.98 Å². The number of rotatable bonds is 3. The third kappa shape index (κ3) is 2.16. The number of carboxylic acids is 1. The van der Waals surface area contributed by atoms with E-state index in [0.29, 0.717) is 5.39 Å². The zero-order valence-corrected chi connectivity index (χ0v) is 11.5. The smallest absolute Gasteiger partial charge is 0.337 e. The number of pyridine rings is 1. The average molecular weight is 285 g/mol. The summed E-state index contributed by atoms with van der Waals surface area (Å²) in [6.45, 7) is 1.89. The monoisotopic (exact) mass is 285 g/mol. The predicted molar refractivity (Wildman–Crippen MR) is 76.3 cm³/mol. The summed E-state index contributed by atoms with van der Waals surface area (Å²) in [6.07, 6.45) is 3.04. The molecule has 3 aromatic rings. The summed E-state index contributed by atoms with van der Waals surface area (Å²) in [5.41, 5.74) is 0.217. The van der Waals surface area contributed by atoms with Gasteiger partial charge >= 0.3 is 5.97 Å². The summed E-state index contributed by atoms with van der Waals surface area (Å²) in [5.74, 6) is -0.145. The largest absolute Gasteiger partial charge is 0.478 e. The van der Waals surface area contributed by atoms with Crippen molar-refractivity contribution in [1.29, 1.82) is 0 Å². The van der Waals surface area contributed by atoms with Crippen molar-refractivity contribution >= 4 is 28.5 Å². The Bertz CT molecular complexity index is 795. The number of carbonyl (C=O) groups is 1. The van der Waals surface area contributed by atoms with Gasteiger partial charge in [-0.1, -0.05) is 36.0 Å². The van der Waals surface area contributed by atoms with Gasteiger partial charge in [-0.3, -0.25) is 0 Å². The summed E-state index contributed by atoms with van der Waals surface area (Å²) in [5, 5.41) is 11.5. The molecule has 0 bridgehead atoms. The first kappa shape index (κ1) is 12.7. The van der Waals surface area contributed by atoms with Crippen LogP contribution in [0.2, 0.25) is 0 Å². The number of aromatic nitrogens is 1. The lowest BCUT2D eigenvalue weighted by atomic mass is 10.1. The van der Waals surface area contributed by atoms with Crippen LogP contribution in [0, 0.1) is 6.92 Å². The Hall–Kier alpha value is -2.27. The number of nitrogens with zero attached hydrogens (tertiary/aromatic N) is 1. The molecule has 0 aliphatic carbocycles. The van der Waals surface area contributed by atoms with Gasteiger partial charge in [0, 0.05) is 17.0 Å². The zero-order valence-electron chi connectivity index (χ0n) is 10.7. The van der Waals surface area contributed by atoms with Gasteiger partial charge in [-0.25, -0.2) is 9.78 Å². The van der Waals surface area contributed by atoms with E-state index in [9.17, 15) is 9.90 Å². The van der Waals surface area contributed by atoms with Gasteiger partial charge in [-0.2, -0.15) is 0 Å². The van der Waals surface area contributed by atoms with Gasteiger partial charge in [0.25, 0.3) is 0 Å². The number of benzene rings is 1. The van der Waals surface area contributed by atoms with Crippen LogP contribution in [-0.4, -0.2) is 16.1 Å². The van der Waals surface area contributed by atoms with E-state index in [1.807, 2.05) is 31.2 Å². The van der Waals surface area contributed by atoms with Crippen LogP contribution >= 0.6 is 11.8 Å². The van der Waals surface area contributed by atoms with Crippen LogP contribution < -0.4 is 0 Å². The summed E-state index contributed by atoms with van der Waals surface area (Å²) < 4.78 is 5.27. The summed E-state index contributed by atoms with van der Waals surface area (Å²) in [4.78, 5) is 16.5. The molecule has 0 fully saturated rings. The highest BCUT2D eigenvalue weighted by Crippen LogP contribution is 2.34. The normalized spacial score (nSPS) is 10.8. The van der Waals surface area contributed by atoms with Crippen LogP contribution in [0.3, 0.4) is 0 Å². The molecule has 100 valence electrons. The number of carboxylic acid groups (broad SMARTS) is 1. The lowest BCUT2D eigenvalue weighted by Crippen LogP contribution is -1.99. The number of hydrogen-bond donors (Lipinski definition) is 1. The Kier molecular flexibility index (Phi) is 3.20. The maximum Gasteiger partial charge on any atom is 0.337 e. The Morgan fingerprint density at radius 3 is 2.65 bits per heavy atom. The van der Waals surface area contributed by atoms with E-state index in [1.54, 1.807) is 12.3 Å². The van der Waals surface area contributed by atoms with E-state index in [-0.39, 0.29) is 5.56 Å². The van der Waals surface area contributed by atoms with Crippen LogP contribution in [0.5, 0.6) is 0 Å². The second-order valence-electron chi connectivity index (χ2n) is 4.27. The van der Waals surface area contributed by atoms with Crippen molar-refractivity contribution in [2.75, 3.05) is 0 Å². The summed E-state index contributed by atoms with van der Waals surface area (Å²) >= 11 is 1.47. The molecule has 0 aliphatic rings. The van der Waals surface area contributed by atoms with E-state index in [0.717, 1.165) is 21.1 Å². The minimum absolute atomic E-state index is 0.217. The molecule has 0 saturated heterocycles. The fraction of sp³-hybridized carbons (Fsp3) is 0.0667. The fourth-order valence-electron chi connectivity index (χ4n) is 2.00. The maximum absolute atomic E-state index is 11.2. The predicted octanol–water partition coefficient (Wildman–Crippen LogP) is 3.99. The first-order valence-corrected chi connectivity index (χ1v) is 6.81. The molecule has 2 aromatic heterocycles. The summed E-state index contributed by atoms with van der Waals surface area (Å²) in [7, 11) is 0. The van der Waals surface area contributed by atoms with Gasteiger partial charge in [0.2, 0.25) is 0 Å². The summed E-state index contributed by atoms with van der Waals surface area (Å²) in [6, 6.07) is 9.26. The van der Waals surface area contributed by atoms with Crippen molar-refractivity contribution in [2.45, 2.75) is 16.8 Å². The third-order valence-corrected chi connectivity index (χ3v) is 4.17. The Morgan fingerprint density at radius 2 is 2.00 bits per heavy atom. The molecular formula is C15H11NO3S. The quantitative estimate of drug-likeness (QED) is 0.788. The van der Waals surface area contributed by atoms with E-state index < -0.39 is 5.97 Å². The van der Waals surface area contributed by atoms with Crippen molar-refractivity contribution in [3.8, 4) is 0 Å². The molecule has 0 radical (unpaired) electrons. The van der Waals surface area contributed by atoms with Gasteiger partial charge < -0.3 is 9.52 Å². The van der Waals surface area contributed by atoms with Crippen LogP contribution in [-0.2, 0) is 0 Å². The number of fused-ring (bicyclic) bond motifs is 1. The molecule has 20 heavy (non-hydrogen) atoms. The molecule has 5 heteroatoms. The molecule has 0 unspecified atom stereocenters. The minimum Gasteiger partial charge on any atom is -0.478 e. The number of furan rings is 1. The van der Waals surface area contributed by atoms with Crippen molar-refractivity contribution < 1.29 is 14.3 Å². The van der Waals surface area contributed by atoms with Gasteiger partial charge in [-0.05, 0) is 13.0 Å². The second-order valence-corrected chi connectivity index (χ2v) is 5.30. The minimum atomic E-state index is -0.968. The zero-order chi connectivity index (χ0) is 14.1. The Morgan fingerprint density at radius 1 is 1.25 bits per heavy atom. The highest BCUT2D eigenvalue weighted by atomic mass is 32.2. The van der Waals surface area contributed by atoms with Crippen LogP contribution in [0.4, 0.5) is 0 Å². The molecule has 0 aliphatic heterocycles. The van der Waals surface area contributed by atoms with Gasteiger partial charge in [0.1, 0.15) is 10.8 Å². The molecule has 1 N–H and O–H groups in total. The van der Waals surface area contributed by atoms with Crippen LogP contribution in [0.15, 0.2) is 57.1 Å². The maximum atomic E-state index is 11.2. The molecule has 1 aromatic carbocycles. The SMILES string of the molecule is Cc1occc1Sc1ncc(C(=O)O)c2ccccc12. The Balaban J connectivity index is 2.15. The molecule has 0 amide bonds.